The van der Waals surface area contributed by atoms with E-state index in [1.54, 1.807) is 24.3 Å². The molecule has 2 rings (SSSR count). The third kappa shape index (κ3) is 3.61. The van der Waals surface area contributed by atoms with Crippen molar-refractivity contribution in [2.75, 3.05) is 13.1 Å². The van der Waals surface area contributed by atoms with Crippen LogP contribution in [0.5, 0.6) is 0 Å². The molecule has 1 heterocycles. The van der Waals surface area contributed by atoms with Gasteiger partial charge >= 0.3 is 5.97 Å². The van der Waals surface area contributed by atoms with Crippen molar-refractivity contribution < 1.29 is 19.1 Å². The number of fused-ring (bicyclic) bond motifs is 1. The highest BCUT2D eigenvalue weighted by Crippen LogP contribution is 2.25. The molecule has 0 aliphatic rings. The highest BCUT2D eigenvalue weighted by Gasteiger charge is 2.19. The van der Waals surface area contributed by atoms with Crippen LogP contribution in [-0.2, 0) is 11.3 Å². The first kappa shape index (κ1) is 15.1. The topological polar surface area (TPSA) is 91.6 Å². The molecule has 0 aliphatic heterocycles. The lowest BCUT2D eigenvalue weighted by Gasteiger charge is -2.04. The van der Waals surface area contributed by atoms with Crippen LogP contribution in [0, 0.1) is 0 Å². The number of rotatable bonds is 7. The fraction of sp³-hybridized carbons (Fsp3) is 0.333. The smallest absolute Gasteiger partial charge is 0.339 e. The Bertz CT molecular complexity index is 648. The van der Waals surface area contributed by atoms with E-state index in [9.17, 15) is 14.7 Å². The van der Waals surface area contributed by atoms with E-state index in [1.807, 2.05) is 6.92 Å². The summed E-state index contributed by atoms with van der Waals surface area (Å²) in [6.45, 7) is 2.92. The number of hydrogen-bond acceptors (Lipinski definition) is 4. The van der Waals surface area contributed by atoms with Crippen LogP contribution in [-0.4, -0.2) is 30.1 Å². The van der Waals surface area contributed by atoms with Crippen LogP contribution in [0.3, 0.4) is 0 Å². The van der Waals surface area contributed by atoms with E-state index in [0.29, 0.717) is 23.3 Å². The fourth-order valence-electron chi connectivity index (χ4n) is 2.07. The van der Waals surface area contributed by atoms with Gasteiger partial charge in [-0.25, -0.2) is 4.79 Å². The minimum absolute atomic E-state index is 0.121. The number of nitrogens with one attached hydrogen (secondary N) is 2. The van der Waals surface area contributed by atoms with Crippen LogP contribution in [0.25, 0.3) is 11.0 Å². The Balaban J connectivity index is 2.06. The van der Waals surface area contributed by atoms with Gasteiger partial charge in [0, 0.05) is 11.9 Å². The Hall–Kier alpha value is -2.34. The summed E-state index contributed by atoms with van der Waals surface area (Å²) in [6, 6.07) is 6.98. The quantitative estimate of drug-likeness (QED) is 0.722. The average molecular weight is 290 g/mol. The summed E-state index contributed by atoms with van der Waals surface area (Å²) >= 11 is 0. The number of aromatic carboxylic acids is 1. The minimum atomic E-state index is -1.04. The van der Waals surface area contributed by atoms with Gasteiger partial charge in [0.2, 0.25) is 5.91 Å². The normalized spacial score (nSPS) is 10.7. The summed E-state index contributed by atoms with van der Waals surface area (Å²) in [5.74, 6) is -0.830. The van der Waals surface area contributed by atoms with Gasteiger partial charge in [-0.15, -0.1) is 0 Å². The standard InChI is InChI=1S/C15H18N2O4/c1-2-7-17-13(18)9-16-8-12-14(15(19)20)10-5-3-4-6-11(10)21-12/h3-6,16H,2,7-9H2,1H3,(H,17,18)(H,19,20). The molecule has 2 aromatic rings. The highest BCUT2D eigenvalue weighted by atomic mass is 16.4. The molecular formula is C15H18N2O4. The molecule has 3 N–H and O–H groups in total. The lowest BCUT2D eigenvalue weighted by molar-refractivity contribution is -0.120. The number of para-hydroxylation sites is 1. The van der Waals surface area contributed by atoms with Gasteiger partial charge in [0.1, 0.15) is 16.9 Å². The number of hydrogen-bond donors (Lipinski definition) is 3. The fourth-order valence-corrected chi connectivity index (χ4v) is 2.07. The predicted molar refractivity (Wildman–Crippen MR) is 78.2 cm³/mol. The summed E-state index contributed by atoms with van der Waals surface area (Å²) in [4.78, 5) is 22.8. The van der Waals surface area contributed by atoms with Gasteiger partial charge in [-0.3, -0.25) is 4.79 Å². The van der Waals surface area contributed by atoms with Gasteiger partial charge in [0.25, 0.3) is 0 Å². The summed E-state index contributed by atoms with van der Waals surface area (Å²) in [6.07, 6.45) is 0.873. The lowest BCUT2D eigenvalue weighted by Crippen LogP contribution is -2.34. The Kier molecular flexibility index (Phi) is 4.94. The molecular weight excluding hydrogens is 272 g/mol. The van der Waals surface area contributed by atoms with Gasteiger partial charge in [0.15, 0.2) is 0 Å². The SMILES string of the molecule is CCCNC(=O)CNCc1oc2ccccc2c1C(=O)O. The molecule has 6 heteroatoms. The summed E-state index contributed by atoms with van der Waals surface area (Å²) in [5.41, 5.74) is 0.675. The van der Waals surface area contributed by atoms with Crippen LogP contribution >= 0.6 is 0 Å². The number of amides is 1. The lowest BCUT2D eigenvalue weighted by atomic mass is 10.1. The van der Waals surface area contributed by atoms with Crippen molar-refractivity contribution in [3.63, 3.8) is 0 Å². The third-order valence-corrected chi connectivity index (χ3v) is 3.03. The molecule has 112 valence electrons. The van der Waals surface area contributed by atoms with E-state index in [0.717, 1.165) is 6.42 Å². The molecule has 0 saturated carbocycles. The Morgan fingerprint density at radius 3 is 2.76 bits per heavy atom. The summed E-state index contributed by atoms with van der Waals surface area (Å²) < 4.78 is 5.55. The van der Waals surface area contributed by atoms with Crippen molar-refractivity contribution in [1.82, 2.24) is 10.6 Å². The van der Waals surface area contributed by atoms with E-state index in [-0.39, 0.29) is 24.6 Å². The first-order valence-corrected chi connectivity index (χ1v) is 6.84. The van der Waals surface area contributed by atoms with Crippen molar-refractivity contribution in [2.45, 2.75) is 19.9 Å². The largest absolute Gasteiger partial charge is 0.478 e. The molecule has 1 aromatic heterocycles. The number of carboxylic acid groups (broad SMARTS) is 1. The van der Waals surface area contributed by atoms with Crippen LogP contribution in [0.2, 0.25) is 0 Å². The van der Waals surface area contributed by atoms with E-state index in [1.165, 1.54) is 0 Å². The van der Waals surface area contributed by atoms with Gasteiger partial charge in [-0.2, -0.15) is 0 Å². The van der Waals surface area contributed by atoms with Crippen LogP contribution in [0.4, 0.5) is 0 Å². The van der Waals surface area contributed by atoms with E-state index < -0.39 is 5.97 Å². The van der Waals surface area contributed by atoms with E-state index in [2.05, 4.69) is 10.6 Å². The van der Waals surface area contributed by atoms with Gasteiger partial charge in [-0.1, -0.05) is 25.1 Å². The first-order valence-electron chi connectivity index (χ1n) is 6.84. The van der Waals surface area contributed by atoms with Crippen molar-refractivity contribution in [3.05, 3.63) is 35.6 Å². The van der Waals surface area contributed by atoms with Crippen molar-refractivity contribution in [1.29, 1.82) is 0 Å². The second-order valence-electron chi connectivity index (χ2n) is 4.66. The van der Waals surface area contributed by atoms with Crippen molar-refractivity contribution >= 4 is 22.8 Å². The van der Waals surface area contributed by atoms with Crippen LogP contribution in [0.1, 0.15) is 29.5 Å². The van der Waals surface area contributed by atoms with Crippen molar-refractivity contribution in [2.24, 2.45) is 0 Å². The minimum Gasteiger partial charge on any atom is -0.478 e. The predicted octanol–water partition coefficient (Wildman–Crippen LogP) is 1.75. The Labute approximate surface area is 122 Å². The zero-order chi connectivity index (χ0) is 15.2. The molecule has 0 saturated heterocycles. The number of carbonyl (C=O) groups is 2. The monoisotopic (exact) mass is 290 g/mol. The zero-order valence-corrected chi connectivity index (χ0v) is 11.8. The van der Waals surface area contributed by atoms with Crippen molar-refractivity contribution in [3.8, 4) is 0 Å². The van der Waals surface area contributed by atoms with Gasteiger partial charge in [0.05, 0.1) is 13.1 Å². The molecule has 0 fully saturated rings. The molecule has 6 nitrogen and oxygen atoms in total. The molecule has 1 aromatic carbocycles. The molecule has 0 unspecified atom stereocenters. The zero-order valence-electron chi connectivity index (χ0n) is 11.8. The molecule has 0 spiro atoms. The van der Waals surface area contributed by atoms with E-state index >= 15 is 0 Å². The summed E-state index contributed by atoms with van der Waals surface area (Å²) in [7, 11) is 0. The maximum Gasteiger partial charge on any atom is 0.339 e. The second kappa shape index (κ2) is 6.90. The molecule has 0 bridgehead atoms. The second-order valence-corrected chi connectivity index (χ2v) is 4.66. The van der Waals surface area contributed by atoms with Gasteiger partial charge in [-0.05, 0) is 12.5 Å². The molecule has 1 amide bonds. The number of furan rings is 1. The van der Waals surface area contributed by atoms with Gasteiger partial charge < -0.3 is 20.2 Å². The number of benzene rings is 1. The summed E-state index contributed by atoms with van der Waals surface area (Å²) in [5, 5.41) is 15.5. The van der Waals surface area contributed by atoms with Crippen LogP contribution < -0.4 is 10.6 Å². The van der Waals surface area contributed by atoms with Crippen LogP contribution in [0.15, 0.2) is 28.7 Å². The third-order valence-electron chi connectivity index (χ3n) is 3.03. The molecule has 21 heavy (non-hydrogen) atoms. The Morgan fingerprint density at radius 1 is 1.29 bits per heavy atom. The maximum absolute atomic E-state index is 11.5. The number of carboxylic acids is 1. The Morgan fingerprint density at radius 2 is 2.05 bits per heavy atom. The first-order chi connectivity index (χ1) is 10.1. The van der Waals surface area contributed by atoms with E-state index in [4.69, 9.17) is 4.42 Å². The maximum atomic E-state index is 11.5. The molecule has 0 aliphatic carbocycles. The molecule has 0 atom stereocenters. The average Bonchev–Trinajstić information content (AvgIpc) is 2.83. The number of carbonyl (C=O) groups excluding carboxylic acids is 1. The molecule has 0 radical (unpaired) electrons. The highest BCUT2D eigenvalue weighted by molar-refractivity contribution is 6.03.